The highest BCUT2D eigenvalue weighted by molar-refractivity contribution is 7.92. The summed E-state index contributed by atoms with van der Waals surface area (Å²) in [6.07, 6.45) is -1.14. The number of nitrogens with one attached hydrogen (secondary N) is 1. The van der Waals surface area contributed by atoms with Gasteiger partial charge >= 0.3 is 5.97 Å². The molecule has 3 atom stereocenters. The van der Waals surface area contributed by atoms with Crippen molar-refractivity contribution in [2.75, 3.05) is 17.8 Å². The Morgan fingerprint density at radius 2 is 1.59 bits per heavy atom. The Bertz CT molecular complexity index is 1060. The number of anilines is 1. The molecular weight excluding hydrogens is 432 g/mol. The Labute approximate surface area is 188 Å². The van der Waals surface area contributed by atoms with Crippen molar-refractivity contribution in [2.24, 2.45) is 0 Å². The van der Waals surface area contributed by atoms with Crippen LogP contribution in [0.25, 0.3) is 0 Å². The van der Waals surface area contributed by atoms with E-state index in [4.69, 9.17) is 9.47 Å². The number of morpholine rings is 1. The fourth-order valence-corrected chi connectivity index (χ4v) is 4.56. The summed E-state index contributed by atoms with van der Waals surface area (Å²) in [5.41, 5.74) is 1.61. The smallest absolute Gasteiger partial charge is 0.338 e. The minimum Gasteiger partial charge on any atom is -0.449 e. The zero-order valence-electron chi connectivity index (χ0n) is 18.6. The highest BCUT2D eigenvalue weighted by Gasteiger charge is 2.30. The summed E-state index contributed by atoms with van der Waals surface area (Å²) < 4.78 is 38.6. The molecule has 1 saturated heterocycles. The van der Waals surface area contributed by atoms with Crippen molar-refractivity contribution in [1.82, 2.24) is 4.90 Å². The zero-order valence-corrected chi connectivity index (χ0v) is 19.4. The molecule has 8 nitrogen and oxygen atoms in total. The van der Waals surface area contributed by atoms with Gasteiger partial charge in [-0.2, -0.15) is 0 Å². The van der Waals surface area contributed by atoms with Crippen LogP contribution in [0.4, 0.5) is 5.69 Å². The monoisotopic (exact) mass is 460 g/mol. The maximum absolute atomic E-state index is 12.6. The summed E-state index contributed by atoms with van der Waals surface area (Å²) in [6.45, 7) is 8.07. The van der Waals surface area contributed by atoms with Gasteiger partial charge in [0.15, 0.2) is 6.10 Å². The van der Waals surface area contributed by atoms with E-state index in [0.29, 0.717) is 18.8 Å². The van der Waals surface area contributed by atoms with Crippen molar-refractivity contribution >= 4 is 27.6 Å². The van der Waals surface area contributed by atoms with E-state index in [1.165, 1.54) is 31.2 Å². The number of rotatable bonds is 6. The van der Waals surface area contributed by atoms with Gasteiger partial charge in [0.2, 0.25) is 0 Å². The third-order valence-corrected chi connectivity index (χ3v) is 6.46. The lowest BCUT2D eigenvalue weighted by molar-refractivity contribution is -0.151. The first-order valence-corrected chi connectivity index (χ1v) is 11.9. The normalized spacial score (nSPS) is 19.8. The predicted octanol–water partition coefficient (Wildman–Crippen LogP) is 2.98. The van der Waals surface area contributed by atoms with Gasteiger partial charge in [-0.05, 0) is 64.1 Å². The summed E-state index contributed by atoms with van der Waals surface area (Å²) >= 11 is 0. The number of amides is 1. The van der Waals surface area contributed by atoms with Gasteiger partial charge in [-0.15, -0.1) is 0 Å². The lowest BCUT2D eigenvalue weighted by Crippen LogP contribution is -2.51. The minimum absolute atomic E-state index is 0.00930. The first-order valence-electron chi connectivity index (χ1n) is 10.4. The fourth-order valence-electron chi connectivity index (χ4n) is 3.50. The average Bonchev–Trinajstić information content (AvgIpc) is 2.74. The number of sulfonamides is 1. The van der Waals surface area contributed by atoms with Gasteiger partial charge in [-0.25, -0.2) is 13.2 Å². The summed E-state index contributed by atoms with van der Waals surface area (Å²) in [5.74, 6) is -0.988. The summed E-state index contributed by atoms with van der Waals surface area (Å²) in [4.78, 5) is 26.8. The van der Waals surface area contributed by atoms with Crippen LogP contribution in [0.5, 0.6) is 0 Å². The van der Waals surface area contributed by atoms with Crippen LogP contribution < -0.4 is 4.72 Å². The quantitative estimate of drug-likeness (QED) is 0.665. The van der Waals surface area contributed by atoms with E-state index in [2.05, 4.69) is 4.72 Å². The number of aryl methyl sites for hydroxylation is 1. The summed E-state index contributed by atoms with van der Waals surface area (Å²) in [6, 6.07) is 12.3. The first-order chi connectivity index (χ1) is 15.0. The van der Waals surface area contributed by atoms with Crippen molar-refractivity contribution in [3.63, 3.8) is 0 Å². The van der Waals surface area contributed by atoms with Gasteiger partial charge in [0.25, 0.3) is 15.9 Å². The van der Waals surface area contributed by atoms with Crippen LogP contribution in [0.2, 0.25) is 0 Å². The molecule has 0 aromatic heterocycles. The van der Waals surface area contributed by atoms with Gasteiger partial charge in [0.05, 0.1) is 22.7 Å². The van der Waals surface area contributed by atoms with E-state index in [0.717, 1.165) is 5.56 Å². The van der Waals surface area contributed by atoms with Gasteiger partial charge in [0.1, 0.15) is 0 Å². The predicted molar refractivity (Wildman–Crippen MR) is 120 cm³/mol. The third kappa shape index (κ3) is 5.86. The Morgan fingerprint density at radius 1 is 1.03 bits per heavy atom. The molecule has 1 amide bonds. The summed E-state index contributed by atoms with van der Waals surface area (Å²) in [5, 5.41) is 0. The largest absolute Gasteiger partial charge is 0.449 e. The van der Waals surface area contributed by atoms with E-state index in [1.54, 1.807) is 29.2 Å². The number of nitrogens with zero attached hydrogens (tertiary/aromatic N) is 1. The number of hydrogen-bond donors (Lipinski definition) is 1. The zero-order chi connectivity index (χ0) is 23.5. The molecule has 2 aromatic rings. The van der Waals surface area contributed by atoms with Crippen molar-refractivity contribution in [3.05, 3.63) is 59.7 Å². The highest BCUT2D eigenvalue weighted by Crippen LogP contribution is 2.18. The van der Waals surface area contributed by atoms with E-state index in [9.17, 15) is 18.0 Å². The molecule has 0 aliphatic carbocycles. The van der Waals surface area contributed by atoms with Crippen LogP contribution >= 0.6 is 0 Å². The van der Waals surface area contributed by atoms with E-state index in [-0.39, 0.29) is 28.6 Å². The number of esters is 1. The van der Waals surface area contributed by atoms with Gasteiger partial charge in [-0.1, -0.05) is 17.7 Å². The molecule has 32 heavy (non-hydrogen) atoms. The molecule has 3 rings (SSSR count). The molecule has 1 heterocycles. The van der Waals surface area contributed by atoms with Crippen LogP contribution in [0.15, 0.2) is 53.4 Å². The van der Waals surface area contributed by atoms with E-state index < -0.39 is 22.1 Å². The fraction of sp³-hybridized carbons (Fsp3) is 0.391. The molecule has 0 radical (unpaired) electrons. The topological polar surface area (TPSA) is 102 Å². The molecule has 1 aliphatic rings. The standard InChI is InChI=1S/C23H28N2O6S/c1-15-5-9-20(10-6-15)24-32(28,29)21-11-7-19(8-12-21)23(27)31-18(4)22(26)25-13-16(2)30-17(3)14-25/h5-12,16-18,24H,13-14H2,1-4H3. The Morgan fingerprint density at radius 3 is 2.16 bits per heavy atom. The van der Waals surface area contributed by atoms with Crippen molar-refractivity contribution < 1.29 is 27.5 Å². The number of ether oxygens (including phenoxy) is 2. The number of hydrogen-bond acceptors (Lipinski definition) is 6. The summed E-state index contributed by atoms with van der Waals surface area (Å²) in [7, 11) is -3.80. The van der Waals surface area contributed by atoms with Gasteiger partial charge in [-0.3, -0.25) is 9.52 Å². The average molecular weight is 461 g/mol. The molecule has 0 bridgehead atoms. The molecule has 2 aromatic carbocycles. The van der Waals surface area contributed by atoms with E-state index in [1.807, 2.05) is 20.8 Å². The Hall–Kier alpha value is -2.91. The molecule has 1 N–H and O–H groups in total. The van der Waals surface area contributed by atoms with Gasteiger partial charge in [0, 0.05) is 18.8 Å². The number of carbonyl (C=O) groups is 2. The highest BCUT2D eigenvalue weighted by atomic mass is 32.2. The van der Waals surface area contributed by atoms with Crippen molar-refractivity contribution in [2.45, 2.75) is 50.9 Å². The maximum atomic E-state index is 12.6. The Kier molecular flexibility index (Phi) is 7.20. The van der Waals surface area contributed by atoms with Crippen LogP contribution in [0, 0.1) is 6.92 Å². The molecular formula is C23H28N2O6S. The molecule has 3 unspecified atom stereocenters. The van der Waals surface area contributed by atoms with Crippen LogP contribution in [-0.2, 0) is 24.3 Å². The second-order valence-corrected chi connectivity index (χ2v) is 9.73. The number of benzene rings is 2. The van der Waals surface area contributed by atoms with Crippen molar-refractivity contribution in [3.8, 4) is 0 Å². The SMILES string of the molecule is Cc1ccc(NS(=O)(=O)c2ccc(C(=O)OC(C)C(=O)N3CC(C)OC(C)C3)cc2)cc1. The lowest BCUT2D eigenvalue weighted by Gasteiger charge is -2.36. The Balaban J connectivity index is 1.63. The number of carbonyl (C=O) groups excluding carboxylic acids is 2. The molecule has 9 heteroatoms. The third-order valence-electron chi connectivity index (χ3n) is 5.07. The maximum Gasteiger partial charge on any atom is 0.338 e. The minimum atomic E-state index is -3.80. The molecule has 0 saturated carbocycles. The molecule has 1 fully saturated rings. The molecule has 172 valence electrons. The molecule has 1 aliphatic heterocycles. The van der Waals surface area contributed by atoms with Crippen LogP contribution in [0.1, 0.15) is 36.7 Å². The molecule has 0 spiro atoms. The van der Waals surface area contributed by atoms with Crippen molar-refractivity contribution in [1.29, 1.82) is 0 Å². The van der Waals surface area contributed by atoms with Gasteiger partial charge < -0.3 is 14.4 Å². The van der Waals surface area contributed by atoms with E-state index >= 15 is 0 Å². The second-order valence-electron chi connectivity index (χ2n) is 8.04. The van der Waals surface area contributed by atoms with Crippen LogP contribution in [0.3, 0.4) is 0 Å². The first kappa shape index (κ1) is 23.7. The second kappa shape index (κ2) is 9.70. The lowest BCUT2D eigenvalue weighted by atomic mass is 10.2. The van der Waals surface area contributed by atoms with Crippen LogP contribution in [-0.4, -0.2) is 56.6 Å².